The van der Waals surface area contributed by atoms with Crippen LogP contribution in [0.15, 0.2) is 30.3 Å². The van der Waals surface area contributed by atoms with Crippen molar-refractivity contribution in [1.82, 2.24) is 10.6 Å². The average Bonchev–Trinajstić information content (AvgIpc) is 2.80. The molecule has 0 saturated carbocycles. The highest BCUT2D eigenvalue weighted by Crippen LogP contribution is 2.20. The Balaban J connectivity index is 2.77. The summed E-state index contributed by atoms with van der Waals surface area (Å²) in [4.78, 5) is 60.9. The van der Waals surface area contributed by atoms with E-state index < -0.39 is 41.7 Å². The third-order valence-corrected chi connectivity index (χ3v) is 4.99. The fraction of sp³-hybridized carbons (Fsp3) is 0.500. The zero-order valence-electron chi connectivity index (χ0n) is 18.9. The molecular formula is C22H30N2O8. The summed E-state index contributed by atoms with van der Waals surface area (Å²) < 4.78 is 13.9. The molecule has 10 heteroatoms. The van der Waals surface area contributed by atoms with Crippen LogP contribution in [0.25, 0.3) is 0 Å². The monoisotopic (exact) mass is 450 g/mol. The van der Waals surface area contributed by atoms with Crippen LogP contribution in [0.1, 0.15) is 38.3 Å². The third kappa shape index (κ3) is 7.68. The van der Waals surface area contributed by atoms with Gasteiger partial charge in [0.1, 0.15) is 6.04 Å². The van der Waals surface area contributed by atoms with E-state index in [0.29, 0.717) is 0 Å². The Kier molecular flexibility index (Phi) is 10.9. The highest BCUT2D eigenvalue weighted by molar-refractivity contribution is 5.96. The van der Waals surface area contributed by atoms with Gasteiger partial charge >= 0.3 is 17.9 Å². The summed E-state index contributed by atoms with van der Waals surface area (Å²) in [6, 6.07) is 7.76. The number of nitrogens with one attached hydrogen (secondary N) is 2. The van der Waals surface area contributed by atoms with Gasteiger partial charge < -0.3 is 24.8 Å². The molecular weight excluding hydrogens is 420 g/mol. The van der Waals surface area contributed by atoms with Crippen LogP contribution in [0.5, 0.6) is 0 Å². The first-order chi connectivity index (χ1) is 15.2. The van der Waals surface area contributed by atoms with Crippen molar-refractivity contribution in [3.05, 3.63) is 35.9 Å². The second-order valence-electron chi connectivity index (χ2n) is 7.15. The van der Waals surface area contributed by atoms with Gasteiger partial charge in [-0.25, -0.2) is 4.79 Å². The van der Waals surface area contributed by atoms with Crippen molar-refractivity contribution in [2.75, 3.05) is 21.3 Å². The molecule has 0 aliphatic heterocycles. The molecule has 0 aliphatic carbocycles. The average molecular weight is 450 g/mol. The Morgan fingerprint density at radius 3 is 1.69 bits per heavy atom. The van der Waals surface area contributed by atoms with Crippen LogP contribution >= 0.6 is 0 Å². The number of amides is 2. The molecule has 176 valence electrons. The van der Waals surface area contributed by atoms with Crippen molar-refractivity contribution in [3.63, 3.8) is 0 Å². The summed E-state index contributed by atoms with van der Waals surface area (Å²) in [7, 11) is 3.29. The van der Waals surface area contributed by atoms with Gasteiger partial charge in [-0.2, -0.15) is 0 Å². The van der Waals surface area contributed by atoms with Crippen molar-refractivity contribution < 1.29 is 38.2 Å². The Labute approximate surface area is 187 Å². The van der Waals surface area contributed by atoms with Gasteiger partial charge in [0.05, 0.1) is 27.4 Å². The molecule has 0 radical (unpaired) electrons. The minimum absolute atomic E-state index is 0.122. The van der Waals surface area contributed by atoms with E-state index in [1.807, 2.05) is 37.3 Å². The van der Waals surface area contributed by atoms with Gasteiger partial charge in [-0.05, 0) is 12.5 Å². The number of methoxy groups -OCH3 is 3. The van der Waals surface area contributed by atoms with E-state index in [0.717, 1.165) is 26.9 Å². The van der Waals surface area contributed by atoms with Gasteiger partial charge in [-0.1, -0.05) is 37.3 Å². The van der Waals surface area contributed by atoms with Crippen LogP contribution in [-0.4, -0.2) is 57.1 Å². The Bertz CT molecular complexity index is 795. The maximum Gasteiger partial charge on any atom is 0.328 e. The third-order valence-electron chi connectivity index (χ3n) is 4.99. The summed E-state index contributed by atoms with van der Waals surface area (Å²) in [6.45, 7) is 3.23. The number of carbonyl (C=O) groups excluding carboxylic acids is 5. The van der Waals surface area contributed by atoms with Gasteiger partial charge in [-0.15, -0.1) is 0 Å². The van der Waals surface area contributed by atoms with Crippen molar-refractivity contribution in [3.8, 4) is 0 Å². The first kappa shape index (κ1) is 26.6. The number of benzene rings is 1. The Morgan fingerprint density at radius 2 is 1.22 bits per heavy atom. The van der Waals surface area contributed by atoms with Crippen LogP contribution in [0.2, 0.25) is 0 Å². The normalized spacial score (nSPS) is 13.3. The van der Waals surface area contributed by atoms with Gasteiger partial charge in [0.25, 0.3) is 0 Å². The molecule has 0 fully saturated rings. The molecule has 1 aromatic carbocycles. The lowest BCUT2D eigenvalue weighted by molar-refractivity contribution is -0.163. The highest BCUT2D eigenvalue weighted by atomic mass is 16.5. The number of hydrogen-bond donors (Lipinski definition) is 2. The van der Waals surface area contributed by atoms with E-state index in [4.69, 9.17) is 4.74 Å². The maximum absolute atomic E-state index is 12.4. The molecule has 0 bridgehead atoms. The second kappa shape index (κ2) is 13.1. The van der Waals surface area contributed by atoms with E-state index in [-0.39, 0.29) is 24.8 Å². The molecule has 1 aromatic rings. The van der Waals surface area contributed by atoms with Crippen LogP contribution in [-0.2, 0) is 38.2 Å². The summed E-state index contributed by atoms with van der Waals surface area (Å²) in [6.07, 6.45) is -0.336. The topological polar surface area (TPSA) is 137 Å². The summed E-state index contributed by atoms with van der Waals surface area (Å²) >= 11 is 0. The summed E-state index contributed by atoms with van der Waals surface area (Å²) in [5.41, 5.74) is 0.918. The molecule has 0 aliphatic rings. The van der Waals surface area contributed by atoms with Gasteiger partial charge in [0.2, 0.25) is 11.8 Å². The van der Waals surface area contributed by atoms with Crippen molar-refractivity contribution in [2.45, 2.75) is 38.8 Å². The molecule has 2 N–H and O–H groups in total. The molecule has 0 aromatic heterocycles. The standard InChI is InChI=1S/C22H30N2O8/c1-13(18(20(27)30-3)21(28)31-4)19(22(29)32-5)24-17(26)12-11-16(25)23-14(2)15-9-7-6-8-10-15/h6-10,13-14,18-19H,11-12H2,1-5H3,(H,23,25)(H,24,26)/t13-,14-,19-/m1/s1. The largest absolute Gasteiger partial charge is 0.468 e. The van der Waals surface area contributed by atoms with Gasteiger partial charge in [0, 0.05) is 18.8 Å². The number of carbonyl (C=O) groups is 5. The van der Waals surface area contributed by atoms with E-state index >= 15 is 0 Å². The van der Waals surface area contributed by atoms with Gasteiger partial charge in [0.15, 0.2) is 5.92 Å². The first-order valence-electron chi connectivity index (χ1n) is 10.0. The number of ether oxygens (including phenoxy) is 3. The molecule has 3 atom stereocenters. The zero-order valence-corrected chi connectivity index (χ0v) is 18.9. The molecule has 0 spiro atoms. The molecule has 0 saturated heterocycles. The van der Waals surface area contributed by atoms with Crippen LogP contribution < -0.4 is 10.6 Å². The van der Waals surface area contributed by atoms with E-state index in [9.17, 15) is 24.0 Å². The predicted octanol–water partition coefficient (Wildman–Crippen LogP) is 0.900. The summed E-state index contributed by atoms with van der Waals surface area (Å²) in [5, 5.41) is 5.23. The lowest BCUT2D eigenvalue weighted by atomic mass is 9.87. The summed E-state index contributed by atoms with van der Waals surface area (Å²) in [5.74, 6) is -6.14. The molecule has 2 amide bonds. The number of rotatable bonds is 11. The molecule has 10 nitrogen and oxygen atoms in total. The first-order valence-corrected chi connectivity index (χ1v) is 10.0. The predicted molar refractivity (Wildman–Crippen MR) is 113 cm³/mol. The van der Waals surface area contributed by atoms with E-state index in [2.05, 4.69) is 20.1 Å². The zero-order chi connectivity index (χ0) is 24.3. The molecule has 1 rings (SSSR count). The fourth-order valence-electron chi connectivity index (χ4n) is 3.12. The molecule has 0 unspecified atom stereocenters. The van der Waals surface area contributed by atoms with E-state index in [1.54, 1.807) is 0 Å². The van der Waals surface area contributed by atoms with Crippen LogP contribution in [0, 0.1) is 11.8 Å². The van der Waals surface area contributed by atoms with E-state index in [1.165, 1.54) is 6.92 Å². The lowest BCUT2D eigenvalue weighted by Crippen LogP contribution is -2.51. The number of esters is 3. The lowest BCUT2D eigenvalue weighted by Gasteiger charge is -2.27. The Morgan fingerprint density at radius 1 is 0.750 bits per heavy atom. The van der Waals surface area contributed by atoms with Crippen LogP contribution in [0.4, 0.5) is 0 Å². The smallest absolute Gasteiger partial charge is 0.328 e. The fourth-order valence-corrected chi connectivity index (χ4v) is 3.12. The number of hydrogen-bond acceptors (Lipinski definition) is 8. The van der Waals surface area contributed by atoms with Crippen molar-refractivity contribution in [2.24, 2.45) is 11.8 Å². The Hall–Kier alpha value is -3.43. The maximum atomic E-state index is 12.4. The van der Waals surface area contributed by atoms with Crippen molar-refractivity contribution >= 4 is 29.7 Å². The minimum Gasteiger partial charge on any atom is -0.468 e. The quantitative estimate of drug-likeness (QED) is 0.288. The highest BCUT2D eigenvalue weighted by Gasteiger charge is 2.42. The van der Waals surface area contributed by atoms with Gasteiger partial charge in [-0.3, -0.25) is 19.2 Å². The molecule has 0 heterocycles. The minimum atomic E-state index is -1.45. The van der Waals surface area contributed by atoms with Crippen LogP contribution in [0.3, 0.4) is 0 Å². The second-order valence-corrected chi connectivity index (χ2v) is 7.15. The SMILES string of the molecule is COC(=O)C(C(=O)OC)[C@@H](C)[C@@H](NC(=O)CCC(=O)N[C@H](C)c1ccccc1)C(=O)OC. The molecule has 32 heavy (non-hydrogen) atoms. The van der Waals surface area contributed by atoms with Crippen molar-refractivity contribution in [1.29, 1.82) is 0 Å².